The van der Waals surface area contributed by atoms with Gasteiger partial charge in [-0.05, 0) is 36.6 Å². The molecule has 84 valence electrons. The summed E-state index contributed by atoms with van der Waals surface area (Å²) in [6, 6.07) is 8.30. The zero-order chi connectivity index (χ0) is 11.8. The summed E-state index contributed by atoms with van der Waals surface area (Å²) >= 11 is 0. The molecule has 0 aromatic heterocycles. The van der Waals surface area contributed by atoms with Gasteiger partial charge in [-0.25, -0.2) is 0 Å². The van der Waals surface area contributed by atoms with Crippen molar-refractivity contribution in [3.63, 3.8) is 0 Å². The Labute approximate surface area is 96.6 Å². The molecule has 0 saturated heterocycles. The van der Waals surface area contributed by atoms with Crippen LogP contribution in [0.15, 0.2) is 42.1 Å². The number of nitrogens with two attached hydrogens (primary N) is 2. The first kappa shape index (κ1) is 11.0. The van der Waals surface area contributed by atoms with Crippen molar-refractivity contribution >= 4 is 5.57 Å². The first-order valence-corrected chi connectivity index (χ1v) is 5.52. The molecule has 0 amide bonds. The summed E-state index contributed by atoms with van der Waals surface area (Å²) in [5, 5.41) is 0. The summed E-state index contributed by atoms with van der Waals surface area (Å²) in [6.07, 6.45) is 4.71. The number of aryl methyl sites for hydroxylation is 1. The molecule has 1 aromatic rings. The molecule has 0 radical (unpaired) electrons. The minimum atomic E-state index is -0.370. The molecular weight excluding hydrogens is 196 g/mol. The van der Waals surface area contributed by atoms with E-state index in [0.29, 0.717) is 6.42 Å². The largest absolute Gasteiger partial charge is 0.402 e. The fourth-order valence-corrected chi connectivity index (χ4v) is 2.23. The maximum atomic E-state index is 6.32. The Kier molecular flexibility index (Phi) is 2.60. The zero-order valence-corrected chi connectivity index (χ0v) is 9.83. The van der Waals surface area contributed by atoms with Gasteiger partial charge in [-0.3, -0.25) is 0 Å². The van der Waals surface area contributed by atoms with Gasteiger partial charge in [0.1, 0.15) is 0 Å². The Hall–Kier alpha value is -1.54. The predicted octanol–water partition coefficient (Wildman–Crippen LogP) is 2.34. The Bertz CT molecular complexity index is 467. The molecule has 0 heterocycles. The molecule has 4 N–H and O–H groups in total. The third-order valence-corrected chi connectivity index (χ3v) is 3.09. The van der Waals surface area contributed by atoms with E-state index >= 15 is 0 Å². The standard InChI is InChI=1S/C14H18N2/c1-10-5-3-4-6-12(10)13-8-7-11(15)9-14(13,2)16/h3-8H,9,15-16H2,1-2H3. The second-order valence-corrected chi connectivity index (χ2v) is 4.73. The Morgan fingerprint density at radius 2 is 1.88 bits per heavy atom. The summed E-state index contributed by atoms with van der Waals surface area (Å²) in [6.45, 7) is 4.14. The SMILES string of the molecule is Cc1ccccc1C1=CC=C(N)CC1(C)N. The van der Waals surface area contributed by atoms with Gasteiger partial charge in [0.2, 0.25) is 0 Å². The third-order valence-electron chi connectivity index (χ3n) is 3.09. The van der Waals surface area contributed by atoms with Crippen molar-refractivity contribution in [2.24, 2.45) is 11.5 Å². The lowest BCUT2D eigenvalue weighted by molar-refractivity contribution is 0.587. The molecule has 1 aromatic carbocycles. The fourth-order valence-electron chi connectivity index (χ4n) is 2.23. The Balaban J connectivity index is 2.52. The van der Waals surface area contributed by atoms with Crippen molar-refractivity contribution in [2.75, 3.05) is 0 Å². The van der Waals surface area contributed by atoms with E-state index in [1.807, 2.05) is 31.2 Å². The van der Waals surface area contributed by atoms with Crippen LogP contribution in [0.5, 0.6) is 0 Å². The van der Waals surface area contributed by atoms with E-state index in [2.05, 4.69) is 19.1 Å². The van der Waals surface area contributed by atoms with Crippen molar-refractivity contribution in [3.8, 4) is 0 Å². The van der Waals surface area contributed by atoms with Gasteiger partial charge in [0, 0.05) is 17.7 Å². The molecule has 1 atom stereocenters. The van der Waals surface area contributed by atoms with E-state index in [1.165, 1.54) is 16.7 Å². The Morgan fingerprint density at radius 1 is 1.19 bits per heavy atom. The normalized spacial score (nSPS) is 24.9. The van der Waals surface area contributed by atoms with Gasteiger partial charge in [0.25, 0.3) is 0 Å². The lowest BCUT2D eigenvalue weighted by Gasteiger charge is -2.32. The quantitative estimate of drug-likeness (QED) is 0.754. The van der Waals surface area contributed by atoms with E-state index in [1.54, 1.807) is 0 Å². The lowest BCUT2D eigenvalue weighted by atomic mass is 9.79. The number of rotatable bonds is 1. The highest BCUT2D eigenvalue weighted by atomic mass is 14.8. The summed E-state index contributed by atoms with van der Waals surface area (Å²) < 4.78 is 0. The third kappa shape index (κ3) is 1.89. The van der Waals surface area contributed by atoms with Crippen LogP contribution in [0.25, 0.3) is 5.57 Å². The van der Waals surface area contributed by atoms with Gasteiger partial charge >= 0.3 is 0 Å². The van der Waals surface area contributed by atoms with Crippen molar-refractivity contribution in [1.29, 1.82) is 0 Å². The van der Waals surface area contributed by atoms with Crippen LogP contribution in [-0.4, -0.2) is 5.54 Å². The molecule has 1 aliphatic rings. The second-order valence-electron chi connectivity index (χ2n) is 4.73. The molecule has 0 aliphatic heterocycles. The monoisotopic (exact) mass is 214 g/mol. The van der Waals surface area contributed by atoms with Gasteiger partial charge in [-0.2, -0.15) is 0 Å². The molecule has 1 aliphatic carbocycles. The zero-order valence-electron chi connectivity index (χ0n) is 9.83. The minimum Gasteiger partial charge on any atom is -0.402 e. The van der Waals surface area contributed by atoms with E-state index < -0.39 is 0 Å². The summed E-state index contributed by atoms with van der Waals surface area (Å²) in [4.78, 5) is 0. The molecule has 2 heteroatoms. The molecule has 16 heavy (non-hydrogen) atoms. The van der Waals surface area contributed by atoms with Crippen LogP contribution in [0.4, 0.5) is 0 Å². The van der Waals surface area contributed by atoms with Crippen LogP contribution in [0.3, 0.4) is 0 Å². The van der Waals surface area contributed by atoms with E-state index in [4.69, 9.17) is 11.5 Å². The summed E-state index contributed by atoms with van der Waals surface area (Å²) in [5.41, 5.74) is 16.3. The van der Waals surface area contributed by atoms with Crippen LogP contribution in [0, 0.1) is 6.92 Å². The van der Waals surface area contributed by atoms with Crippen molar-refractivity contribution < 1.29 is 0 Å². The number of benzene rings is 1. The predicted molar refractivity (Wildman–Crippen MR) is 68.6 cm³/mol. The van der Waals surface area contributed by atoms with Crippen LogP contribution < -0.4 is 11.5 Å². The molecule has 0 saturated carbocycles. The first-order chi connectivity index (χ1) is 7.50. The fraction of sp³-hybridized carbons (Fsp3) is 0.286. The molecule has 1 unspecified atom stereocenters. The van der Waals surface area contributed by atoms with Crippen molar-refractivity contribution in [3.05, 3.63) is 53.2 Å². The van der Waals surface area contributed by atoms with Crippen LogP contribution in [0.1, 0.15) is 24.5 Å². The van der Waals surface area contributed by atoms with Crippen LogP contribution >= 0.6 is 0 Å². The van der Waals surface area contributed by atoms with E-state index in [9.17, 15) is 0 Å². The number of hydrogen-bond donors (Lipinski definition) is 2. The van der Waals surface area contributed by atoms with Crippen LogP contribution in [0.2, 0.25) is 0 Å². The Morgan fingerprint density at radius 3 is 2.50 bits per heavy atom. The lowest BCUT2D eigenvalue weighted by Crippen LogP contribution is -2.40. The maximum absolute atomic E-state index is 6.32. The number of allylic oxidation sites excluding steroid dienone is 2. The molecule has 0 spiro atoms. The highest BCUT2D eigenvalue weighted by Crippen LogP contribution is 2.34. The summed E-state index contributed by atoms with van der Waals surface area (Å²) in [5.74, 6) is 0. The van der Waals surface area contributed by atoms with Gasteiger partial charge in [0.15, 0.2) is 0 Å². The average molecular weight is 214 g/mol. The van der Waals surface area contributed by atoms with Gasteiger partial charge in [-0.1, -0.05) is 30.3 Å². The van der Waals surface area contributed by atoms with E-state index in [0.717, 1.165) is 5.70 Å². The maximum Gasteiger partial charge on any atom is 0.0442 e. The highest BCUT2D eigenvalue weighted by molar-refractivity contribution is 5.77. The summed E-state index contributed by atoms with van der Waals surface area (Å²) in [7, 11) is 0. The van der Waals surface area contributed by atoms with Gasteiger partial charge < -0.3 is 11.5 Å². The highest BCUT2D eigenvalue weighted by Gasteiger charge is 2.28. The molecule has 2 nitrogen and oxygen atoms in total. The minimum absolute atomic E-state index is 0.370. The van der Waals surface area contributed by atoms with Crippen molar-refractivity contribution in [1.82, 2.24) is 0 Å². The molecule has 0 bridgehead atoms. The second kappa shape index (κ2) is 3.80. The molecule has 2 rings (SSSR count). The van der Waals surface area contributed by atoms with Gasteiger partial charge in [-0.15, -0.1) is 0 Å². The molecular formula is C14H18N2. The smallest absolute Gasteiger partial charge is 0.0442 e. The van der Waals surface area contributed by atoms with Crippen LogP contribution in [-0.2, 0) is 0 Å². The topological polar surface area (TPSA) is 52.0 Å². The number of hydrogen-bond acceptors (Lipinski definition) is 2. The van der Waals surface area contributed by atoms with Crippen molar-refractivity contribution in [2.45, 2.75) is 25.8 Å². The van der Waals surface area contributed by atoms with E-state index in [-0.39, 0.29) is 5.54 Å². The molecule has 0 fully saturated rings. The first-order valence-electron chi connectivity index (χ1n) is 5.52. The average Bonchev–Trinajstić information content (AvgIpc) is 2.18. The van der Waals surface area contributed by atoms with Gasteiger partial charge in [0.05, 0.1) is 0 Å².